The van der Waals surface area contributed by atoms with Gasteiger partial charge in [-0.2, -0.15) is 0 Å². The summed E-state index contributed by atoms with van der Waals surface area (Å²) in [5.41, 5.74) is 4.13. The van der Waals surface area contributed by atoms with Crippen molar-refractivity contribution in [2.75, 3.05) is 14.2 Å². The standard InChI is InChI=1S/C26H23FN2O4S/c1-14-21(25(30)32-3)23(22(15(2)28-14)26(31)33-4)16-9-5-6-10-17(16)24-29-20(13-34-24)18-11-7-8-12-19(18)27/h5-13,23,28H,1-4H3. The summed E-state index contributed by atoms with van der Waals surface area (Å²) in [5.74, 6) is -2.20. The van der Waals surface area contributed by atoms with Crippen molar-refractivity contribution in [1.82, 2.24) is 10.3 Å². The van der Waals surface area contributed by atoms with Gasteiger partial charge < -0.3 is 14.8 Å². The molecule has 0 bridgehead atoms. The molecule has 0 saturated heterocycles. The van der Waals surface area contributed by atoms with Crippen LogP contribution >= 0.6 is 11.3 Å². The maximum absolute atomic E-state index is 14.3. The number of hydrogen-bond donors (Lipinski definition) is 1. The van der Waals surface area contributed by atoms with E-state index in [0.29, 0.717) is 44.4 Å². The van der Waals surface area contributed by atoms with Crippen LogP contribution < -0.4 is 5.32 Å². The second-order valence-corrected chi connectivity index (χ2v) is 8.58. The number of aromatic nitrogens is 1. The minimum absolute atomic E-state index is 0.312. The van der Waals surface area contributed by atoms with Gasteiger partial charge in [-0.1, -0.05) is 36.4 Å². The van der Waals surface area contributed by atoms with Crippen LogP contribution in [0.2, 0.25) is 0 Å². The first-order chi connectivity index (χ1) is 16.4. The maximum atomic E-state index is 14.3. The number of nitrogens with one attached hydrogen (secondary N) is 1. The van der Waals surface area contributed by atoms with Gasteiger partial charge in [-0.15, -0.1) is 11.3 Å². The molecule has 1 aliphatic heterocycles. The summed E-state index contributed by atoms with van der Waals surface area (Å²) in [6.07, 6.45) is 0. The van der Waals surface area contributed by atoms with Gasteiger partial charge in [0, 0.05) is 27.9 Å². The van der Waals surface area contributed by atoms with Crippen LogP contribution in [0.1, 0.15) is 25.3 Å². The molecule has 1 N–H and O–H groups in total. The number of esters is 2. The minimum atomic E-state index is -0.738. The Labute approximate surface area is 200 Å². The molecule has 2 aromatic carbocycles. The Morgan fingerprint density at radius 3 is 2.06 bits per heavy atom. The highest BCUT2D eigenvalue weighted by Gasteiger charge is 2.38. The molecule has 1 aromatic heterocycles. The molecule has 0 radical (unpaired) electrons. The first-order valence-corrected chi connectivity index (χ1v) is 11.4. The van der Waals surface area contributed by atoms with Crippen molar-refractivity contribution in [1.29, 1.82) is 0 Å². The highest BCUT2D eigenvalue weighted by atomic mass is 32.1. The normalized spacial score (nSPS) is 14.1. The van der Waals surface area contributed by atoms with Crippen molar-refractivity contribution in [2.24, 2.45) is 0 Å². The number of ether oxygens (including phenoxy) is 2. The van der Waals surface area contributed by atoms with Crippen molar-refractivity contribution >= 4 is 23.3 Å². The van der Waals surface area contributed by atoms with E-state index in [1.54, 1.807) is 37.4 Å². The lowest BCUT2D eigenvalue weighted by Gasteiger charge is -2.31. The third-order valence-electron chi connectivity index (χ3n) is 5.73. The average molecular weight is 479 g/mol. The highest BCUT2D eigenvalue weighted by Crippen LogP contribution is 2.44. The van der Waals surface area contributed by atoms with E-state index in [4.69, 9.17) is 9.47 Å². The fourth-order valence-electron chi connectivity index (χ4n) is 4.20. The molecule has 0 atom stereocenters. The van der Waals surface area contributed by atoms with Crippen molar-refractivity contribution in [3.63, 3.8) is 0 Å². The number of hydrogen-bond acceptors (Lipinski definition) is 7. The first kappa shape index (κ1) is 23.4. The van der Waals surface area contributed by atoms with Crippen LogP contribution in [0.25, 0.3) is 21.8 Å². The Hall–Kier alpha value is -3.78. The monoisotopic (exact) mass is 478 g/mol. The van der Waals surface area contributed by atoms with Gasteiger partial charge >= 0.3 is 11.9 Å². The van der Waals surface area contributed by atoms with Crippen LogP contribution in [-0.2, 0) is 19.1 Å². The third kappa shape index (κ3) is 4.12. The van der Waals surface area contributed by atoms with E-state index >= 15 is 0 Å². The van der Waals surface area contributed by atoms with Crippen LogP contribution in [0.15, 0.2) is 76.5 Å². The van der Waals surface area contributed by atoms with Gasteiger partial charge in [-0.3, -0.25) is 0 Å². The lowest BCUT2D eigenvalue weighted by molar-refractivity contribution is -0.137. The van der Waals surface area contributed by atoms with Crippen LogP contribution in [0, 0.1) is 5.82 Å². The highest BCUT2D eigenvalue weighted by molar-refractivity contribution is 7.13. The van der Waals surface area contributed by atoms with E-state index in [9.17, 15) is 14.0 Å². The largest absolute Gasteiger partial charge is 0.466 e. The van der Waals surface area contributed by atoms with E-state index in [1.807, 2.05) is 24.3 Å². The quantitative estimate of drug-likeness (QED) is 0.508. The predicted molar refractivity (Wildman–Crippen MR) is 128 cm³/mol. The molecule has 174 valence electrons. The molecule has 0 amide bonds. The lowest BCUT2D eigenvalue weighted by atomic mass is 9.78. The summed E-state index contributed by atoms with van der Waals surface area (Å²) in [7, 11) is 2.60. The Balaban J connectivity index is 1.91. The van der Waals surface area contributed by atoms with Gasteiger partial charge in [0.05, 0.1) is 37.0 Å². The van der Waals surface area contributed by atoms with Gasteiger partial charge in [0.1, 0.15) is 10.8 Å². The molecule has 3 aromatic rings. The molecular weight excluding hydrogens is 455 g/mol. The number of carbonyl (C=O) groups excluding carboxylic acids is 2. The molecule has 0 unspecified atom stereocenters. The Bertz CT molecular complexity index is 1300. The zero-order chi connectivity index (χ0) is 24.4. The number of benzene rings is 2. The van der Waals surface area contributed by atoms with Crippen LogP contribution in [0.5, 0.6) is 0 Å². The molecule has 0 fully saturated rings. The second-order valence-electron chi connectivity index (χ2n) is 7.72. The van der Waals surface area contributed by atoms with Crippen LogP contribution in [0.4, 0.5) is 4.39 Å². The fraction of sp³-hybridized carbons (Fsp3) is 0.192. The van der Waals surface area contributed by atoms with Gasteiger partial charge in [-0.25, -0.2) is 19.0 Å². The SMILES string of the molecule is COC(=O)C1=C(C)NC(C)=C(C(=O)OC)C1c1ccccc1-c1nc(-c2ccccc2F)cs1. The number of allylic oxidation sites excluding steroid dienone is 2. The summed E-state index contributed by atoms with van der Waals surface area (Å²) in [5, 5.41) is 5.53. The van der Waals surface area contributed by atoms with Crippen LogP contribution in [0.3, 0.4) is 0 Å². The molecule has 0 spiro atoms. The first-order valence-electron chi connectivity index (χ1n) is 10.5. The summed E-state index contributed by atoms with van der Waals surface area (Å²) in [4.78, 5) is 30.4. The number of halogens is 1. The molecular formula is C26H23FN2O4S. The smallest absolute Gasteiger partial charge is 0.336 e. The molecule has 1 aliphatic rings. The molecule has 0 aliphatic carbocycles. The van der Waals surface area contributed by atoms with E-state index in [0.717, 1.165) is 5.56 Å². The third-order valence-corrected chi connectivity index (χ3v) is 6.60. The maximum Gasteiger partial charge on any atom is 0.336 e. The van der Waals surface area contributed by atoms with E-state index < -0.39 is 17.9 Å². The van der Waals surface area contributed by atoms with Gasteiger partial charge in [0.25, 0.3) is 0 Å². The Kier molecular flexibility index (Phi) is 6.61. The summed E-state index contributed by atoms with van der Waals surface area (Å²) < 4.78 is 24.5. The van der Waals surface area contributed by atoms with Gasteiger partial charge in [0.2, 0.25) is 0 Å². The van der Waals surface area contributed by atoms with Crippen molar-refractivity contribution in [2.45, 2.75) is 19.8 Å². The number of nitrogens with zero attached hydrogens (tertiary/aromatic N) is 1. The van der Waals surface area contributed by atoms with Crippen molar-refractivity contribution in [3.8, 4) is 21.8 Å². The minimum Gasteiger partial charge on any atom is -0.466 e. The second kappa shape index (κ2) is 9.61. The number of rotatable bonds is 5. The summed E-state index contributed by atoms with van der Waals surface area (Å²) in [6, 6.07) is 13.9. The molecule has 4 rings (SSSR count). The molecule has 2 heterocycles. The zero-order valence-corrected chi connectivity index (χ0v) is 20.0. The predicted octanol–water partition coefficient (Wildman–Crippen LogP) is 5.20. The number of methoxy groups -OCH3 is 2. The van der Waals surface area contributed by atoms with E-state index in [-0.39, 0.29) is 5.82 Å². The number of carbonyl (C=O) groups is 2. The fourth-order valence-corrected chi connectivity index (χ4v) is 5.07. The molecule has 8 heteroatoms. The molecule has 0 saturated carbocycles. The number of dihydropyridines is 1. The summed E-state index contributed by atoms with van der Waals surface area (Å²) in [6.45, 7) is 3.53. The average Bonchev–Trinajstić information content (AvgIpc) is 3.33. The lowest BCUT2D eigenvalue weighted by Crippen LogP contribution is -2.32. The molecule has 6 nitrogen and oxygen atoms in total. The van der Waals surface area contributed by atoms with Crippen molar-refractivity contribution < 1.29 is 23.5 Å². The van der Waals surface area contributed by atoms with Crippen molar-refractivity contribution in [3.05, 3.63) is 87.8 Å². The Morgan fingerprint density at radius 2 is 1.47 bits per heavy atom. The van der Waals surface area contributed by atoms with E-state index in [2.05, 4.69) is 10.3 Å². The zero-order valence-electron chi connectivity index (χ0n) is 19.1. The molecule has 34 heavy (non-hydrogen) atoms. The van der Waals surface area contributed by atoms with Gasteiger partial charge in [0.15, 0.2) is 0 Å². The van der Waals surface area contributed by atoms with Crippen LogP contribution in [-0.4, -0.2) is 31.1 Å². The Morgan fingerprint density at radius 1 is 0.912 bits per heavy atom. The topological polar surface area (TPSA) is 77.5 Å². The summed E-state index contributed by atoms with van der Waals surface area (Å²) >= 11 is 1.36. The number of thiazole rings is 1. The van der Waals surface area contributed by atoms with E-state index in [1.165, 1.54) is 31.6 Å². The van der Waals surface area contributed by atoms with Gasteiger partial charge in [-0.05, 0) is 31.5 Å².